The number of rotatable bonds is 5. The lowest BCUT2D eigenvalue weighted by atomic mass is 10.2. The van der Waals surface area contributed by atoms with Crippen LogP contribution in [0, 0.1) is 6.92 Å². The van der Waals surface area contributed by atoms with E-state index in [0.717, 1.165) is 24.2 Å². The van der Waals surface area contributed by atoms with Gasteiger partial charge in [0.2, 0.25) is 9.84 Å². The number of benzene rings is 1. The minimum atomic E-state index is -3.81. The summed E-state index contributed by atoms with van der Waals surface area (Å²) >= 11 is 0. The van der Waals surface area contributed by atoms with Crippen molar-refractivity contribution >= 4 is 32.3 Å². The number of aromatic nitrogens is 5. The zero-order valence-corrected chi connectivity index (χ0v) is 19.0. The van der Waals surface area contributed by atoms with Crippen LogP contribution in [0.4, 0.5) is 5.69 Å². The van der Waals surface area contributed by atoms with Gasteiger partial charge in [-0.2, -0.15) is 15.3 Å². The maximum absolute atomic E-state index is 13.4. The largest absolute Gasteiger partial charge is 0.368 e. The SMILES string of the molecule is Cc1c(S(=O)(=O)c2ccc3[nH]ncc3c2)cc(C(=O)N[C@@H]2CCN(c3ccnnc3)C2)n1C. The summed E-state index contributed by atoms with van der Waals surface area (Å²) in [5.74, 6) is -0.299. The molecule has 1 saturated heterocycles. The van der Waals surface area contributed by atoms with E-state index in [1.165, 1.54) is 6.07 Å². The smallest absolute Gasteiger partial charge is 0.268 e. The molecule has 4 aromatic rings. The van der Waals surface area contributed by atoms with Gasteiger partial charge in [0.15, 0.2) is 0 Å². The molecule has 170 valence electrons. The summed E-state index contributed by atoms with van der Waals surface area (Å²) in [6.45, 7) is 3.14. The van der Waals surface area contributed by atoms with Crippen molar-refractivity contribution < 1.29 is 13.2 Å². The number of nitrogens with one attached hydrogen (secondary N) is 2. The van der Waals surface area contributed by atoms with Gasteiger partial charge in [0.05, 0.1) is 39.6 Å². The number of hydrogen-bond acceptors (Lipinski definition) is 7. The number of nitrogens with zero attached hydrogens (tertiary/aromatic N) is 5. The highest BCUT2D eigenvalue weighted by Crippen LogP contribution is 2.28. The van der Waals surface area contributed by atoms with Crippen molar-refractivity contribution in [2.75, 3.05) is 18.0 Å². The monoisotopic (exact) mass is 465 g/mol. The molecule has 0 radical (unpaired) electrons. The maximum atomic E-state index is 13.4. The molecule has 5 rings (SSSR count). The average Bonchev–Trinajstić information content (AvgIpc) is 3.54. The summed E-state index contributed by atoms with van der Waals surface area (Å²) in [7, 11) is -2.11. The van der Waals surface area contributed by atoms with Crippen molar-refractivity contribution in [2.24, 2.45) is 7.05 Å². The Labute approximate surface area is 190 Å². The number of fused-ring (bicyclic) bond motifs is 1. The van der Waals surface area contributed by atoms with Crippen LogP contribution in [-0.2, 0) is 16.9 Å². The molecule has 1 fully saturated rings. The fourth-order valence-electron chi connectivity index (χ4n) is 4.22. The van der Waals surface area contributed by atoms with E-state index in [9.17, 15) is 13.2 Å². The Morgan fingerprint density at radius 1 is 1.18 bits per heavy atom. The molecule has 1 atom stereocenters. The lowest BCUT2D eigenvalue weighted by Gasteiger charge is -2.18. The fourth-order valence-corrected chi connectivity index (χ4v) is 5.79. The number of H-pyrrole nitrogens is 1. The molecule has 1 amide bonds. The third kappa shape index (κ3) is 3.74. The van der Waals surface area contributed by atoms with Crippen LogP contribution in [0.2, 0.25) is 0 Å². The number of hydrogen-bond donors (Lipinski definition) is 2. The summed E-state index contributed by atoms with van der Waals surface area (Å²) in [6.07, 6.45) is 5.70. The zero-order chi connectivity index (χ0) is 23.2. The Hall–Kier alpha value is -3.73. The number of carbonyl (C=O) groups is 1. The predicted molar refractivity (Wildman–Crippen MR) is 122 cm³/mol. The Balaban J connectivity index is 1.37. The van der Waals surface area contributed by atoms with Crippen molar-refractivity contribution in [3.05, 3.63) is 60.3 Å². The summed E-state index contributed by atoms with van der Waals surface area (Å²) in [5, 5.41) is 18.2. The summed E-state index contributed by atoms with van der Waals surface area (Å²) in [5.41, 5.74) is 2.52. The van der Waals surface area contributed by atoms with Crippen LogP contribution < -0.4 is 10.2 Å². The van der Waals surface area contributed by atoms with Crippen molar-refractivity contribution in [2.45, 2.75) is 29.2 Å². The van der Waals surface area contributed by atoms with Crippen molar-refractivity contribution in [1.82, 2.24) is 30.3 Å². The lowest BCUT2D eigenvalue weighted by Crippen LogP contribution is -2.37. The number of amides is 1. The van der Waals surface area contributed by atoms with E-state index in [0.29, 0.717) is 23.3 Å². The molecule has 4 heterocycles. The standard InChI is InChI=1S/C22H23N7O3S/c1-14-21(33(31,32)18-3-4-19-15(9-18)11-25-27-19)10-20(28(14)2)22(30)26-16-6-8-29(13-16)17-5-7-23-24-12-17/h3-5,7,9-12,16H,6,8,13H2,1-2H3,(H,25,27)(H,26,30)/t16-/m1/s1. The number of sulfone groups is 1. The number of carbonyl (C=O) groups excluding carboxylic acids is 1. The van der Waals surface area contributed by atoms with Gasteiger partial charge in [-0.15, -0.1) is 0 Å². The Morgan fingerprint density at radius 3 is 2.82 bits per heavy atom. The van der Waals surface area contributed by atoms with Crippen LogP contribution in [0.3, 0.4) is 0 Å². The van der Waals surface area contributed by atoms with Gasteiger partial charge in [0, 0.05) is 37.3 Å². The summed E-state index contributed by atoms with van der Waals surface area (Å²) < 4.78 is 28.3. The minimum Gasteiger partial charge on any atom is -0.368 e. The maximum Gasteiger partial charge on any atom is 0.268 e. The van der Waals surface area contributed by atoms with E-state index in [1.807, 2.05) is 6.07 Å². The molecule has 10 nitrogen and oxygen atoms in total. The van der Waals surface area contributed by atoms with Gasteiger partial charge < -0.3 is 14.8 Å². The molecular weight excluding hydrogens is 442 g/mol. The second-order valence-electron chi connectivity index (χ2n) is 8.17. The van der Waals surface area contributed by atoms with Gasteiger partial charge in [0.1, 0.15) is 5.69 Å². The highest BCUT2D eigenvalue weighted by atomic mass is 32.2. The van der Waals surface area contributed by atoms with Crippen molar-refractivity contribution in [3.63, 3.8) is 0 Å². The molecule has 33 heavy (non-hydrogen) atoms. The van der Waals surface area contributed by atoms with Crippen LogP contribution in [0.5, 0.6) is 0 Å². The van der Waals surface area contributed by atoms with Crippen LogP contribution in [-0.4, -0.2) is 58.4 Å². The lowest BCUT2D eigenvalue weighted by molar-refractivity contribution is 0.0932. The highest BCUT2D eigenvalue weighted by molar-refractivity contribution is 7.91. The zero-order valence-electron chi connectivity index (χ0n) is 18.2. The first kappa shape index (κ1) is 21.1. The molecule has 0 saturated carbocycles. The summed E-state index contributed by atoms with van der Waals surface area (Å²) in [4.78, 5) is 15.5. The topological polar surface area (TPSA) is 126 Å². The van der Waals surface area contributed by atoms with E-state index >= 15 is 0 Å². The third-order valence-corrected chi connectivity index (χ3v) is 8.06. The molecule has 1 aliphatic rings. The molecular formula is C22H23N7O3S. The van der Waals surface area contributed by atoms with E-state index in [2.05, 4.69) is 30.6 Å². The third-order valence-electron chi connectivity index (χ3n) is 6.19. The fraction of sp³-hybridized carbons (Fsp3) is 0.273. The van der Waals surface area contributed by atoms with Gasteiger partial charge in [-0.25, -0.2) is 8.42 Å². The highest BCUT2D eigenvalue weighted by Gasteiger charge is 2.29. The minimum absolute atomic E-state index is 0.0515. The van der Waals surface area contributed by atoms with E-state index in [4.69, 9.17) is 0 Å². The summed E-state index contributed by atoms with van der Waals surface area (Å²) in [6, 6.07) is 8.11. The first-order valence-electron chi connectivity index (χ1n) is 10.5. The molecule has 0 unspecified atom stereocenters. The quantitative estimate of drug-likeness (QED) is 0.461. The molecule has 0 aliphatic carbocycles. The predicted octanol–water partition coefficient (Wildman–Crippen LogP) is 1.84. The van der Waals surface area contributed by atoms with Crippen molar-refractivity contribution in [1.29, 1.82) is 0 Å². The Morgan fingerprint density at radius 2 is 2.03 bits per heavy atom. The Bertz CT molecular complexity index is 1440. The molecule has 3 aromatic heterocycles. The second kappa shape index (κ2) is 8.00. The molecule has 2 N–H and O–H groups in total. The number of aromatic amines is 1. The first-order chi connectivity index (χ1) is 15.8. The van der Waals surface area contributed by atoms with Crippen LogP contribution >= 0.6 is 0 Å². The molecule has 1 aliphatic heterocycles. The van der Waals surface area contributed by atoms with Gasteiger partial charge in [-0.3, -0.25) is 9.89 Å². The van der Waals surface area contributed by atoms with Gasteiger partial charge in [-0.1, -0.05) is 0 Å². The van der Waals surface area contributed by atoms with Gasteiger partial charge in [-0.05, 0) is 43.7 Å². The molecule has 1 aromatic carbocycles. The second-order valence-corrected chi connectivity index (χ2v) is 10.1. The normalized spacial score (nSPS) is 16.4. The van der Waals surface area contributed by atoms with E-state index in [1.54, 1.807) is 55.3 Å². The number of anilines is 1. The van der Waals surface area contributed by atoms with Gasteiger partial charge >= 0.3 is 0 Å². The van der Waals surface area contributed by atoms with Crippen LogP contribution in [0.15, 0.2) is 58.7 Å². The van der Waals surface area contributed by atoms with E-state index < -0.39 is 9.84 Å². The average molecular weight is 466 g/mol. The van der Waals surface area contributed by atoms with Crippen LogP contribution in [0.25, 0.3) is 10.9 Å². The first-order valence-corrected chi connectivity index (χ1v) is 12.0. The van der Waals surface area contributed by atoms with Crippen LogP contribution in [0.1, 0.15) is 22.6 Å². The van der Waals surface area contributed by atoms with Gasteiger partial charge in [0.25, 0.3) is 5.91 Å². The van der Waals surface area contributed by atoms with E-state index in [-0.39, 0.29) is 21.7 Å². The molecule has 11 heteroatoms. The molecule has 0 spiro atoms. The Kier molecular flexibility index (Phi) is 5.12. The molecule has 0 bridgehead atoms. The van der Waals surface area contributed by atoms with Crippen molar-refractivity contribution in [3.8, 4) is 0 Å².